The van der Waals surface area contributed by atoms with Gasteiger partial charge in [0.05, 0.1) is 38.3 Å². The molecule has 0 unspecified atom stereocenters. The van der Waals surface area contributed by atoms with E-state index in [0.717, 1.165) is 37.5 Å². The predicted octanol–water partition coefficient (Wildman–Crippen LogP) is 0.879. The van der Waals surface area contributed by atoms with E-state index in [9.17, 15) is 18.0 Å². The number of carbonyl (C=O) groups is 1. The molecule has 28 heavy (non-hydrogen) atoms. The second kappa shape index (κ2) is 9.39. The number of amides is 1. The van der Waals surface area contributed by atoms with Gasteiger partial charge in [-0.1, -0.05) is 11.8 Å². The summed E-state index contributed by atoms with van der Waals surface area (Å²) in [7, 11) is 0. The lowest BCUT2D eigenvalue weighted by Crippen LogP contribution is -3.14. The van der Waals surface area contributed by atoms with Crippen molar-refractivity contribution in [3.05, 3.63) is 30.2 Å². The smallest absolute Gasteiger partial charge is 0.433 e. The maximum Gasteiger partial charge on any atom is 0.433 e. The van der Waals surface area contributed by atoms with Crippen LogP contribution in [0.15, 0.2) is 34.0 Å². The number of rotatable bonds is 7. The zero-order valence-electron chi connectivity index (χ0n) is 14.9. The molecule has 1 saturated heterocycles. The molecule has 11 heteroatoms. The van der Waals surface area contributed by atoms with Crippen LogP contribution in [0.4, 0.5) is 13.2 Å². The molecule has 0 aromatic carbocycles. The summed E-state index contributed by atoms with van der Waals surface area (Å²) in [6.45, 7) is 4.50. The van der Waals surface area contributed by atoms with E-state index in [-0.39, 0.29) is 28.3 Å². The number of furan rings is 1. The van der Waals surface area contributed by atoms with Crippen LogP contribution in [0.5, 0.6) is 0 Å². The second-order valence-electron chi connectivity index (χ2n) is 6.15. The van der Waals surface area contributed by atoms with Gasteiger partial charge in [-0.05, 0) is 18.2 Å². The summed E-state index contributed by atoms with van der Waals surface area (Å²) in [6.07, 6.45) is -3.27. The average Bonchev–Trinajstić information content (AvgIpc) is 3.21. The Morgan fingerprint density at radius 2 is 2.07 bits per heavy atom. The molecular weight excluding hydrogens is 397 g/mol. The fourth-order valence-electron chi connectivity index (χ4n) is 2.66. The van der Waals surface area contributed by atoms with Crippen molar-refractivity contribution in [2.24, 2.45) is 0 Å². The molecule has 1 fully saturated rings. The first-order valence-corrected chi connectivity index (χ1v) is 9.71. The molecule has 2 aromatic heterocycles. The van der Waals surface area contributed by atoms with Crippen molar-refractivity contribution in [1.82, 2.24) is 15.3 Å². The summed E-state index contributed by atoms with van der Waals surface area (Å²) in [5.74, 6) is -0.150. The minimum atomic E-state index is -4.62. The molecule has 0 radical (unpaired) electrons. The monoisotopic (exact) mass is 417 g/mol. The first kappa shape index (κ1) is 20.6. The first-order valence-electron chi connectivity index (χ1n) is 8.73. The number of hydrogen-bond acceptors (Lipinski definition) is 6. The standard InChI is InChI=1S/C17H19F3N4O3S/c18-17(19,20)14-10-12(13-2-1-7-27-13)22-16(23-14)28-11-15(25)21-3-4-24-5-8-26-9-6-24/h1-2,7,10H,3-6,8-9,11H2,(H,21,25)/p+1. The number of halogens is 3. The predicted molar refractivity (Wildman–Crippen MR) is 94.9 cm³/mol. The highest BCUT2D eigenvalue weighted by molar-refractivity contribution is 7.99. The van der Waals surface area contributed by atoms with Crippen LogP contribution < -0.4 is 10.2 Å². The van der Waals surface area contributed by atoms with E-state index in [1.807, 2.05) is 0 Å². The molecule has 1 aliphatic heterocycles. The number of carbonyl (C=O) groups excluding carboxylic acids is 1. The molecule has 1 aliphatic rings. The van der Waals surface area contributed by atoms with Gasteiger partial charge in [0.15, 0.2) is 10.9 Å². The lowest BCUT2D eigenvalue weighted by molar-refractivity contribution is -0.906. The van der Waals surface area contributed by atoms with Crippen LogP contribution in [0.3, 0.4) is 0 Å². The van der Waals surface area contributed by atoms with Crippen molar-refractivity contribution in [3.63, 3.8) is 0 Å². The highest BCUT2D eigenvalue weighted by Crippen LogP contribution is 2.32. The van der Waals surface area contributed by atoms with Gasteiger partial charge in [0.1, 0.15) is 24.5 Å². The number of alkyl halides is 3. The van der Waals surface area contributed by atoms with Crippen molar-refractivity contribution in [1.29, 1.82) is 0 Å². The van der Waals surface area contributed by atoms with Crippen molar-refractivity contribution in [2.45, 2.75) is 11.3 Å². The Bertz CT molecular complexity index is 780. The molecule has 152 valence electrons. The van der Waals surface area contributed by atoms with E-state index < -0.39 is 11.9 Å². The van der Waals surface area contributed by atoms with E-state index in [1.165, 1.54) is 17.2 Å². The van der Waals surface area contributed by atoms with Crippen LogP contribution in [0.1, 0.15) is 5.69 Å². The maximum atomic E-state index is 13.1. The van der Waals surface area contributed by atoms with Crippen molar-refractivity contribution < 1.29 is 32.0 Å². The fourth-order valence-corrected chi connectivity index (χ4v) is 3.34. The average molecular weight is 417 g/mol. The molecule has 2 aromatic rings. The molecule has 1 amide bonds. The number of quaternary nitrogens is 1. The van der Waals surface area contributed by atoms with Gasteiger partial charge >= 0.3 is 6.18 Å². The van der Waals surface area contributed by atoms with Crippen LogP contribution in [-0.4, -0.2) is 61.0 Å². The Morgan fingerprint density at radius 3 is 2.75 bits per heavy atom. The molecule has 7 nitrogen and oxygen atoms in total. The van der Waals surface area contributed by atoms with Crippen LogP contribution in [0.25, 0.3) is 11.5 Å². The van der Waals surface area contributed by atoms with Gasteiger partial charge in [-0.2, -0.15) is 13.2 Å². The van der Waals surface area contributed by atoms with E-state index in [1.54, 1.807) is 6.07 Å². The van der Waals surface area contributed by atoms with Gasteiger partial charge in [0, 0.05) is 0 Å². The second-order valence-corrected chi connectivity index (χ2v) is 7.09. The molecule has 2 N–H and O–H groups in total. The molecule has 3 heterocycles. The molecule has 0 bridgehead atoms. The third-order valence-electron chi connectivity index (χ3n) is 4.10. The number of ether oxygens (including phenoxy) is 1. The van der Waals surface area contributed by atoms with Gasteiger partial charge in [-0.25, -0.2) is 9.97 Å². The topological polar surface area (TPSA) is 81.7 Å². The van der Waals surface area contributed by atoms with Crippen LogP contribution in [0.2, 0.25) is 0 Å². The summed E-state index contributed by atoms with van der Waals surface area (Å²) < 4.78 is 49.7. The zero-order chi connectivity index (χ0) is 20.0. The Labute approximate surface area is 163 Å². The Morgan fingerprint density at radius 1 is 1.29 bits per heavy atom. The van der Waals surface area contributed by atoms with Gasteiger partial charge in [-0.3, -0.25) is 4.79 Å². The number of thioether (sulfide) groups is 1. The van der Waals surface area contributed by atoms with E-state index in [0.29, 0.717) is 19.8 Å². The van der Waals surface area contributed by atoms with Crippen LogP contribution in [-0.2, 0) is 15.7 Å². The van der Waals surface area contributed by atoms with Gasteiger partial charge in [-0.15, -0.1) is 0 Å². The molecular formula is C17H20F3N4O3S+. The van der Waals surface area contributed by atoms with E-state index in [2.05, 4.69) is 15.3 Å². The fraction of sp³-hybridized carbons (Fsp3) is 0.471. The van der Waals surface area contributed by atoms with Crippen molar-refractivity contribution in [3.8, 4) is 11.5 Å². The van der Waals surface area contributed by atoms with Gasteiger partial charge in [0.2, 0.25) is 5.91 Å². The highest BCUT2D eigenvalue weighted by Gasteiger charge is 2.34. The molecule has 0 aliphatic carbocycles. The largest absolute Gasteiger partial charge is 0.463 e. The summed E-state index contributed by atoms with van der Waals surface area (Å²) in [6, 6.07) is 3.90. The van der Waals surface area contributed by atoms with E-state index in [4.69, 9.17) is 9.15 Å². The first-order chi connectivity index (χ1) is 13.4. The van der Waals surface area contributed by atoms with Crippen molar-refractivity contribution >= 4 is 17.7 Å². The maximum absolute atomic E-state index is 13.1. The molecule has 0 spiro atoms. The zero-order valence-corrected chi connectivity index (χ0v) is 15.7. The Balaban J connectivity index is 1.56. The summed E-state index contributed by atoms with van der Waals surface area (Å²) in [5.41, 5.74) is -1.06. The highest BCUT2D eigenvalue weighted by atomic mass is 32.2. The SMILES string of the molecule is O=C(CSc1nc(-c2ccco2)cc(C(F)(F)F)n1)NCC[NH+]1CCOCC1. The van der Waals surface area contributed by atoms with Gasteiger partial charge < -0.3 is 19.4 Å². The van der Waals surface area contributed by atoms with E-state index >= 15 is 0 Å². The summed E-state index contributed by atoms with van der Waals surface area (Å²) >= 11 is 0.854. The molecule has 0 saturated carbocycles. The lowest BCUT2D eigenvalue weighted by Gasteiger charge is -2.23. The van der Waals surface area contributed by atoms with Crippen molar-refractivity contribution in [2.75, 3.05) is 45.1 Å². The minimum Gasteiger partial charge on any atom is -0.463 e. The summed E-state index contributed by atoms with van der Waals surface area (Å²) in [5, 5.41) is 2.64. The van der Waals surface area contributed by atoms with Crippen LogP contribution >= 0.6 is 11.8 Å². The minimum absolute atomic E-state index is 0.0196. The number of nitrogens with one attached hydrogen (secondary N) is 2. The third-order valence-corrected chi connectivity index (χ3v) is 4.95. The Hall–Kier alpha value is -2.11. The third kappa shape index (κ3) is 5.94. The number of nitrogens with zero attached hydrogens (tertiary/aromatic N) is 2. The number of morpholine rings is 1. The van der Waals surface area contributed by atoms with Crippen LogP contribution in [0, 0.1) is 0 Å². The molecule has 3 rings (SSSR count). The summed E-state index contributed by atoms with van der Waals surface area (Å²) in [4.78, 5) is 20.9. The number of hydrogen-bond donors (Lipinski definition) is 2. The molecule has 0 atom stereocenters. The number of aromatic nitrogens is 2. The quantitative estimate of drug-likeness (QED) is 0.514. The van der Waals surface area contributed by atoms with Gasteiger partial charge in [0.25, 0.3) is 0 Å². The Kier molecular flexibility index (Phi) is 6.92. The lowest BCUT2D eigenvalue weighted by atomic mass is 10.2. The normalized spacial score (nSPS) is 15.5.